The minimum Gasteiger partial charge on any atom is -0.461 e. The number of hydrazone groups is 2. The molecule has 0 aromatic heterocycles. The van der Waals surface area contributed by atoms with Gasteiger partial charge < -0.3 is 18.9 Å². The van der Waals surface area contributed by atoms with Crippen molar-refractivity contribution in [1.82, 2.24) is 0 Å². The van der Waals surface area contributed by atoms with E-state index < -0.39 is 35.3 Å². The number of nitrogens with zero attached hydrogens (tertiary/aromatic N) is 2. The van der Waals surface area contributed by atoms with Crippen molar-refractivity contribution in [2.45, 2.75) is 27.7 Å². The van der Waals surface area contributed by atoms with Crippen molar-refractivity contribution in [3.05, 3.63) is 46.4 Å². The third-order valence-electron chi connectivity index (χ3n) is 4.72. The Kier molecular flexibility index (Phi) is 12.9. The van der Waals surface area contributed by atoms with Gasteiger partial charge in [0, 0.05) is 0 Å². The van der Waals surface area contributed by atoms with Crippen molar-refractivity contribution < 1.29 is 38.1 Å². The summed E-state index contributed by atoms with van der Waals surface area (Å²) in [4.78, 5) is 48.3. The fourth-order valence-corrected chi connectivity index (χ4v) is 3.40. The molecule has 0 radical (unpaired) electrons. The highest BCUT2D eigenvalue weighted by Gasteiger charge is 2.25. The summed E-state index contributed by atoms with van der Waals surface area (Å²) >= 11 is 12.8. The lowest BCUT2D eigenvalue weighted by atomic mass is 10.0. The molecule has 0 spiro atoms. The lowest BCUT2D eigenvalue weighted by Crippen LogP contribution is -2.29. The van der Waals surface area contributed by atoms with Crippen LogP contribution in [0, 0.1) is 0 Å². The van der Waals surface area contributed by atoms with E-state index in [2.05, 4.69) is 21.1 Å². The SMILES string of the molecule is CCOC(=O)C(=NNc1ccc(-c2ccc(NN=C(C(=O)OCC)C(=O)OCC)c(Cl)c2)cc1Cl)C(=O)OCC. The molecule has 0 aliphatic heterocycles. The van der Waals surface area contributed by atoms with Crippen LogP contribution in [-0.4, -0.2) is 61.7 Å². The lowest BCUT2D eigenvalue weighted by Gasteiger charge is -2.11. The number of ether oxygens (including phenoxy) is 4. The van der Waals surface area contributed by atoms with Gasteiger partial charge in [-0.15, -0.1) is 0 Å². The van der Waals surface area contributed by atoms with Gasteiger partial charge in [0.2, 0.25) is 0 Å². The Morgan fingerprint density at radius 1 is 0.600 bits per heavy atom. The Balaban J connectivity index is 2.26. The summed E-state index contributed by atoms with van der Waals surface area (Å²) in [5.41, 5.74) is 6.00. The van der Waals surface area contributed by atoms with E-state index in [9.17, 15) is 19.2 Å². The Labute approximate surface area is 240 Å². The van der Waals surface area contributed by atoms with Gasteiger partial charge in [-0.3, -0.25) is 10.9 Å². The predicted octanol–water partition coefficient (Wildman–Crippen LogP) is 4.45. The van der Waals surface area contributed by atoms with Crippen LogP contribution in [0.3, 0.4) is 0 Å². The molecule has 0 bridgehead atoms. The summed E-state index contributed by atoms with van der Waals surface area (Å²) in [5.74, 6) is -3.76. The normalized spacial score (nSPS) is 10.1. The van der Waals surface area contributed by atoms with Gasteiger partial charge in [-0.2, -0.15) is 10.2 Å². The molecular weight excluding hydrogens is 567 g/mol. The Morgan fingerprint density at radius 3 is 1.15 bits per heavy atom. The first kappa shape index (κ1) is 32.1. The summed E-state index contributed by atoms with van der Waals surface area (Å²) in [7, 11) is 0. The van der Waals surface area contributed by atoms with E-state index >= 15 is 0 Å². The van der Waals surface area contributed by atoms with E-state index in [1.54, 1.807) is 64.1 Å². The highest BCUT2D eigenvalue weighted by Crippen LogP contribution is 2.32. The standard InChI is InChI=1S/C26H28Cl2N4O8/c1-5-37-23(33)21(24(34)38-6-2)31-29-19-11-9-15(13-17(19)27)16-10-12-20(18(28)14-16)30-32-22(25(35)39-7-3)26(36)40-8-4/h9-14,29-30H,5-8H2,1-4H3. The molecule has 0 aliphatic rings. The Morgan fingerprint density at radius 2 is 0.900 bits per heavy atom. The maximum absolute atomic E-state index is 12.1. The molecular formula is C26H28Cl2N4O8. The zero-order valence-electron chi connectivity index (χ0n) is 22.2. The monoisotopic (exact) mass is 594 g/mol. The first-order chi connectivity index (χ1) is 19.2. The third-order valence-corrected chi connectivity index (χ3v) is 5.35. The van der Waals surface area contributed by atoms with Crippen molar-refractivity contribution in [2.24, 2.45) is 10.2 Å². The highest BCUT2D eigenvalue weighted by atomic mass is 35.5. The summed E-state index contributed by atoms with van der Waals surface area (Å²) in [5, 5.41) is 8.11. The zero-order chi connectivity index (χ0) is 29.7. The van der Waals surface area contributed by atoms with Crippen molar-refractivity contribution >= 4 is 69.9 Å². The fourth-order valence-electron chi connectivity index (χ4n) is 2.95. The molecule has 0 atom stereocenters. The molecule has 2 N–H and O–H groups in total. The van der Waals surface area contributed by atoms with E-state index in [1.807, 2.05) is 0 Å². The van der Waals surface area contributed by atoms with Crippen molar-refractivity contribution in [3.8, 4) is 11.1 Å². The molecule has 0 saturated heterocycles. The van der Waals surface area contributed by atoms with Gasteiger partial charge in [-0.05, 0) is 63.1 Å². The number of esters is 4. The second kappa shape index (κ2) is 16.1. The van der Waals surface area contributed by atoms with Gasteiger partial charge >= 0.3 is 23.9 Å². The first-order valence-corrected chi connectivity index (χ1v) is 12.9. The summed E-state index contributed by atoms with van der Waals surface area (Å²) in [6.45, 7) is 6.57. The number of carbonyl (C=O) groups is 4. The van der Waals surface area contributed by atoms with Crippen LogP contribution in [0.1, 0.15) is 27.7 Å². The smallest absolute Gasteiger partial charge is 0.366 e. The molecule has 0 amide bonds. The van der Waals surface area contributed by atoms with E-state index in [4.69, 9.17) is 42.1 Å². The summed E-state index contributed by atoms with van der Waals surface area (Å²) in [6.07, 6.45) is 0. The van der Waals surface area contributed by atoms with E-state index in [0.29, 0.717) is 22.5 Å². The van der Waals surface area contributed by atoms with Gasteiger partial charge in [0.15, 0.2) is 0 Å². The minimum atomic E-state index is -0.939. The molecule has 0 aliphatic carbocycles. The molecule has 0 saturated carbocycles. The lowest BCUT2D eigenvalue weighted by molar-refractivity contribution is -0.142. The van der Waals surface area contributed by atoms with Gasteiger partial charge in [0.05, 0.1) is 47.8 Å². The first-order valence-electron chi connectivity index (χ1n) is 12.1. The average Bonchev–Trinajstić information content (AvgIpc) is 2.91. The van der Waals surface area contributed by atoms with Crippen molar-refractivity contribution in [1.29, 1.82) is 0 Å². The fraction of sp³-hybridized carbons (Fsp3) is 0.308. The number of carbonyl (C=O) groups excluding carboxylic acids is 4. The largest absolute Gasteiger partial charge is 0.461 e. The molecule has 2 rings (SSSR count). The molecule has 2 aromatic carbocycles. The quantitative estimate of drug-likeness (QED) is 0.112. The van der Waals surface area contributed by atoms with Gasteiger partial charge in [-0.25, -0.2) is 19.2 Å². The van der Waals surface area contributed by atoms with Crippen LogP contribution in [0.25, 0.3) is 11.1 Å². The second-order valence-electron chi connectivity index (χ2n) is 7.42. The maximum Gasteiger partial charge on any atom is 0.366 e. The van der Waals surface area contributed by atoms with Gasteiger partial charge in [-0.1, -0.05) is 35.3 Å². The third kappa shape index (κ3) is 8.95. The number of nitrogens with one attached hydrogen (secondary N) is 2. The van der Waals surface area contributed by atoms with Crippen LogP contribution < -0.4 is 10.9 Å². The number of halogens is 2. The van der Waals surface area contributed by atoms with Crippen LogP contribution in [0.4, 0.5) is 11.4 Å². The molecule has 14 heteroatoms. The maximum atomic E-state index is 12.1. The van der Waals surface area contributed by atoms with Crippen LogP contribution in [0.2, 0.25) is 10.0 Å². The zero-order valence-corrected chi connectivity index (χ0v) is 23.7. The topological polar surface area (TPSA) is 154 Å². The molecule has 40 heavy (non-hydrogen) atoms. The minimum absolute atomic E-state index is 0.0495. The van der Waals surface area contributed by atoms with Crippen LogP contribution in [-0.2, 0) is 38.1 Å². The Hall–Kier alpha value is -4.16. The van der Waals surface area contributed by atoms with E-state index in [1.165, 1.54) is 0 Å². The van der Waals surface area contributed by atoms with Crippen LogP contribution in [0.5, 0.6) is 0 Å². The summed E-state index contributed by atoms with van der Waals surface area (Å²) in [6, 6.07) is 9.81. The van der Waals surface area contributed by atoms with Crippen molar-refractivity contribution in [3.63, 3.8) is 0 Å². The number of hydrogen-bond acceptors (Lipinski definition) is 12. The Bertz CT molecular complexity index is 1170. The van der Waals surface area contributed by atoms with E-state index in [-0.39, 0.29) is 36.5 Å². The highest BCUT2D eigenvalue weighted by molar-refractivity contribution is 6.63. The average molecular weight is 595 g/mol. The van der Waals surface area contributed by atoms with E-state index in [0.717, 1.165) is 0 Å². The number of rotatable bonds is 13. The molecule has 0 unspecified atom stereocenters. The molecule has 0 fully saturated rings. The molecule has 12 nitrogen and oxygen atoms in total. The summed E-state index contributed by atoms with van der Waals surface area (Å²) < 4.78 is 19.4. The van der Waals surface area contributed by atoms with Gasteiger partial charge in [0.25, 0.3) is 11.4 Å². The predicted molar refractivity (Wildman–Crippen MR) is 151 cm³/mol. The van der Waals surface area contributed by atoms with Crippen LogP contribution >= 0.6 is 23.2 Å². The molecule has 214 valence electrons. The molecule has 0 heterocycles. The number of hydrogen-bond donors (Lipinski definition) is 2. The number of anilines is 2. The van der Waals surface area contributed by atoms with Gasteiger partial charge in [0.1, 0.15) is 0 Å². The second-order valence-corrected chi connectivity index (χ2v) is 8.23. The number of benzene rings is 2. The van der Waals surface area contributed by atoms with Crippen molar-refractivity contribution in [2.75, 3.05) is 37.3 Å². The van der Waals surface area contributed by atoms with Crippen LogP contribution in [0.15, 0.2) is 46.6 Å². The molecule has 2 aromatic rings.